The van der Waals surface area contributed by atoms with Crippen LogP contribution >= 0.6 is 0 Å². The normalized spacial score (nSPS) is 11.6. The van der Waals surface area contributed by atoms with Crippen LogP contribution in [0.25, 0.3) is 6.08 Å². The van der Waals surface area contributed by atoms with Gasteiger partial charge in [0.15, 0.2) is 17.7 Å². The van der Waals surface area contributed by atoms with E-state index < -0.39 is 28.7 Å². The van der Waals surface area contributed by atoms with Crippen LogP contribution in [0.5, 0.6) is 5.75 Å². The summed E-state index contributed by atoms with van der Waals surface area (Å²) < 4.78 is 18.7. The third-order valence-electron chi connectivity index (χ3n) is 3.37. The van der Waals surface area contributed by atoms with Gasteiger partial charge in [-0.15, -0.1) is 0 Å². The van der Waals surface area contributed by atoms with Crippen molar-refractivity contribution in [2.24, 2.45) is 0 Å². The topological polar surface area (TPSA) is 111 Å². The van der Waals surface area contributed by atoms with Gasteiger partial charge in [-0.1, -0.05) is 24.3 Å². The van der Waals surface area contributed by atoms with E-state index in [-0.39, 0.29) is 17.0 Å². The van der Waals surface area contributed by atoms with Gasteiger partial charge in [0.1, 0.15) is 0 Å². The Balaban J connectivity index is 1.89. The van der Waals surface area contributed by atoms with Crippen molar-refractivity contribution in [3.8, 4) is 5.75 Å². The second-order valence-electron chi connectivity index (χ2n) is 5.32. The molecule has 2 aromatic carbocycles. The standard InChI is InChI=1S/C18H16FN3O5/c1-12(27-16-9-5-3-7-14(16)19)18(24)21-20-17(23)11-10-13-6-2-4-8-15(13)22(25)26/h2-12H,1H3,(H,20,23)(H,21,24)/b11-10+. The van der Waals surface area contributed by atoms with Crippen LogP contribution in [-0.2, 0) is 9.59 Å². The highest BCUT2D eigenvalue weighted by molar-refractivity contribution is 5.94. The minimum atomic E-state index is -1.07. The third kappa shape index (κ3) is 5.63. The Labute approximate surface area is 153 Å². The molecule has 0 saturated carbocycles. The molecule has 0 radical (unpaired) electrons. The van der Waals surface area contributed by atoms with Crippen molar-refractivity contribution in [2.45, 2.75) is 13.0 Å². The molecular weight excluding hydrogens is 357 g/mol. The van der Waals surface area contributed by atoms with Crippen molar-refractivity contribution in [1.29, 1.82) is 0 Å². The van der Waals surface area contributed by atoms with Crippen molar-refractivity contribution < 1.29 is 23.6 Å². The predicted molar refractivity (Wildman–Crippen MR) is 94.9 cm³/mol. The maximum Gasteiger partial charge on any atom is 0.279 e. The molecule has 2 N–H and O–H groups in total. The number of amides is 2. The fraction of sp³-hybridized carbons (Fsp3) is 0.111. The van der Waals surface area contributed by atoms with E-state index in [9.17, 15) is 24.1 Å². The number of nitrogens with zero attached hydrogens (tertiary/aromatic N) is 1. The molecule has 0 fully saturated rings. The lowest BCUT2D eigenvalue weighted by Crippen LogP contribution is -2.46. The summed E-state index contributed by atoms with van der Waals surface area (Å²) in [5.41, 5.74) is 4.32. The van der Waals surface area contributed by atoms with Crippen molar-refractivity contribution in [1.82, 2.24) is 10.9 Å². The van der Waals surface area contributed by atoms with E-state index in [2.05, 4.69) is 10.9 Å². The highest BCUT2D eigenvalue weighted by atomic mass is 19.1. The van der Waals surface area contributed by atoms with Crippen molar-refractivity contribution in [3.05, 3.63) is 76.1 Å². The second-order valence-corrected chi connectivity index (χ2v) is 5.32. The predicted octanol–water partition coefficient (Wildman–Crippen LogP) is 2.36. The fourth-order valence-electron chi connectivity index (χ4n) is 2.01. The number of rotatable bonds is 6. The molecule has 1 unspecified atom stereocenters. The Morgan fingerprint density at radius 2 is 1.81 bits per heavy atom. The average molecular weight is 373 g/mol. The van der Waals surface area contributed by atoms with Gasteiger partial charge in [-0.3, -0.25) is 30.6 Å². The number of ether oxygens (including phenoxy) is 1. The summed E-state index contributed by atoms with van der Waals surface area (Å²) in [4.78, 5) is 34.0. The number of nitro groups is 1. The number of para-hydroxylation sites is 2. The lowest BCUT2D eigenvalue weighted by molar-refractivity contribution is -0.385. The number of hydrazine groups is 1. The van der Waals surface area contributed by atoms with Gasteiger partial charge in [-0.2, -0.15) is 0 Å². The number of hydrogen-bond donors (Lipinski definition) is 2. The molecule has 0 spiro atoms. The number of carbonyl (C=O) groups excluding carboxylic acids is 2. The maximum absolute atomic E-state index is 13.5. The van der Waals surface area contributed by atoms with Crippen LogP contribution in [0, 0.1) is 15.9 Å². The minimum Gasteiger partial charge on any atom is -0.478 e. The second kappa shape index (κ2) is 9.09. The van der Waals surface area contributed by atoms with E-state index in [1.54, 1.807) is 12.1 Å². The zero-order valence-corrected chi connectivity index (χ0v) is 14.2. The molecule has 2 rings (SSSR count). The fourth-order valence-corrected chi connectivity index (χ4v) is 2.01. The molecule has 27 heavy (non-hydrogen) atoms. The smallest absolute Gasteiger partial charge is 0.279 e. The van der Waals surface area contributed by atoms with Crippen LogP contribution in [-0.4, -0.2) is 22.8 Å². The Kier molecular flexibility index (Phi) is 6.59. The summed E-state index contributed by atoms with van der Waals surface area (Å²) >= 11 is 0. The van der Waals surface area contributed by atoms with Gasteiger partial charge in [-0.05, 0) is 31.2 Å². The van der Waals surface area contributed by atoms with Crippen LogP contribution < -0.4 is 15.6 Å². The summed E-state index contributed by atoms with van der Waals surface area (Å²) in [6.45, 7) is 1.39. The van der Waals surface area contributed by atoms with E-state index >= 15 is 0 Å². The molecule has 8 nitrogen and oxygen atoms in total. The van der Waals surface area contributed by atoms with E-state index in [0.717, 1.165) is 6.08 Å². The zero-order valence-electron chi connectivity index (χ0n) is 14.2. The van der Waals surface area contributed by atoms with E-state index in [1.807, 2.05) is 0 Å². The summed E-state index contributed by atoms with van der Waals surface area (Å²) in [5.74, 6) is -2.12. The van der Waals surface area contributed by atoms with E-state index in [0.29, 0.717) is 0 Å². The number of nitrogens with one attached hydrogen (secondary N) is 2. The first-order valence-electron chi connectivity index (χ1n) is 7.81. The molecular formula is C18H16FN3O5. The Hall–Kier alpha value is -3.75. The van der Waals surface area contributed by atoms with E-state index in [1.165, 1.54) is 49.4 Å². The molecule has 2 amide bonds. The van der Waals surface area contributed by atoms with Gasteiger partial charge < -0.3 is 4.74 Å². The number of halogens is 1. The summed E-state index contributed by atoms with van der Waals surface area (Å²) in [6.07, 6.45) is 1.21. The van der Waals surface area contributed by atoms with Crippen LogP contribution in [0.15, 0.2) is 54.6 Å². The molecule has 2 aromatic rings. The van der Waals surface area contributed by atoms with Gasteiger partial charge in [-0.25, -0.2) is 4.39 Å². The number of carbonyl (C=O) groups is 2. The van der Waals surface area contributed by atoms with Gasteiger partial charge in [0.05, 0.1) is 10.5 Å². The molecule has 9 heteroatoms. The van der Waals surface area contributed by atoms with Gasteiger partial charge in [0, 0.05) is 12.1 Å². The van der Waals surface area contributed by atoms with E-state index in [4.69, 9.17) is 4.74 Å². The molecule has 140 valence electrons. The van der Waals surface area contributed by atoms with Crippen LogP contribution in [0.1, 0.15) is 12.5 Å². The van der Waals surface area contributed by atoms with Crippen molar-refractivity contribution in [2.75, 3.05) is 0 Å². The minimum absolute atomic E-state index is 0.0947. The number of benzene rings is 2. The summed E-state index contributed by atoms with van der Waals surface area (Å²) in [7, 11) is 0. The SMILES string of the molecule is CC(Oc1ccccc1F)C(=O)NNC(=O)/C=C/c1ccccc1[N+](=O)[O-]. The highest BCUT2D eigenvalue weighted by Crippen LogP contribution is 2.19. The first kappa shape index (κ1) is 19.6. The lowest BCUT2D eigenvalue weighted by Gasteiger charge is -2.15. The van der Waals surface area contributed by atoms with Crippen molar-refractivity contribution in [3.63, 3.8) is 0 Å². The molecule has 0 aliphatic rings. The Bertz CT molecular complexity index is 885. The Morgan fingerprint density at radius 3 is 2.52 bits per heavy atom. The van der Waals surface area contributed by atoms with Gasteiger partial charge in [0.25, 0.3) is 17.5 Å². The van der Waals surface area contributed by atoms with Crippen LogP contribution in [0.3, 0.4) is 0 Å². The lowest BCUT2D eigenvalue weighted by atomic mass is 10.1. The monoisotopic (exact) mass is 373 g/mol. The summed E-state index contributed by atoms with van der Waals surface area (Å²) in [5, 5.41) is 10.9. The average Bonchev–Trinajstić information content (AvgIpc) is 2.66. The molecule has 0 heterocycles. The molecule has 0 aromatic heterocycles. The molecule has 0 aliphatic heterocycles. The quantitative estimate of drug-likeness (QED) is 0.459. The molecule has 0 saturated heterocycles. The molecule has 1 atom stereocenters. The first-order valence-corrected chi connectivity index (χ1v) is 7.81. The number of hydrogen-bond acceptors (Lipinski definition) is 5. The molecule has 0 aliphatic carbocycles. The van der Waals surface area contributed by atoms with Crippen LogP contribution in [0.2, 0.25) is 0 Å². The molecule has 0 bridgehead atoms. The van der Waals surface area contributed by atoms with Gasteiger partial charge in [0.2, 0.25) is 0 Å². The van der Waals surface area contributed by atoms with Crippen LogP contribution in [0.4, 0.5) is 10.1 Å². The largest absolute Gasteiger partial charge is 0.478 e. The summed E-state index contributed by atoms with van der Waals surface area (Å²) in [6, 6.07) is 11.5. The number of nitro benzene ring substituents is 1. The Morgan fingerprint density at radius 1 is 1.15 bits per heavy atom. The third-order valence-corrected chi connectivity index (χ3v) is 3.37. The maximum atomic E-state index is 13.5. The van der Waals surface area contributed by atoms with Gasteiger partial charge >= 0.3 is 0 Å². The zero-order chi connectivity index (χ0) is 19.8. The first-order chi connectivity index (χ1) is 12.9. The highest BCUT2D eigenvalue weighted by Gasteiger charge is 2.16. The van der Waals surface area contributed by atoms with Crippen molar-refractivity contribution >= 4 is 23.6 Å².